The SMILES string of the molecule is c1ccc2cc(N(c3ccc(-c4cc(-c5cccc6c5sc5ccccc56)cc(-c5cccc6c5sc5ccccc56)c4)cc3)c3ccc4ccccc4c3)ccc2c1. The molecule has 0 fully saturated rings. The lowest BCUT2D eigenvalue weighted by Crippen LogP contribution is -2.09. The van der Waals surface area contributed by atoms with Crippen LogP contribution in [0.15, 0.2) is 212 Å². The summed E-state index contributed by atoms with van der Waals surface area (Å²) in [6.07, 6.45) is 0. The molecule has 0 aliphatic carbocycles. The van der Waals surface area contributed by atoms with Crippen LogP contribution in [-0.2, 0) is 0 Å². The van der Waals surface area contributed by atoms with Gasteiger partial charge in [0.1, 0.15) is 0 Å². The molecule has 12 aromatic rings. The molecule has 0 radical (unpaired) electrons. The van der Waals surface area contributed by atoms with Gasteiger partial charge in [-0.25, -0.2) is 0 Å². The number of anilines is 3. The molecule has 59 heavy (non-hydrogen) atoms. The van der Waals surface area contributed by atoms with Gasteiger partial charge in [0.2, 0.25) is 0 Å². The molecule has 12 rings (SSSR count). The molecular weight excluding hydrogens is 751 g/mol. The molecule has 0 atom stereocenters. The Labute approximate surface area is 350 Å². The number of nitrogens with zero attached hydrogens (tertiary/aromatic N) is 1. The van der Waals surface area contributed by atoms with E-state index in [2.05, 4.69) is 217 Å². The molecule has 0 unspecified atom stereocenters. The van der Waals surface area contributed by atoms with Crippen LogP contribution in [-0.4, -0.2) is 0 Å². The minimum atomic E-state index is 1.11. The number of fused-ring (bicyclic) bond motifs is 8. The second kappa shape index (κ2) is 13.8. The van der Waals surface area contributed by atoms with Crippen molar-refractivity contribution >= 4 is 102 Å². The van der Waals surface area contributed by atoms with Gasteiger partial charge in [0, 0.05) is 57.4 Å². The molecule has 0 saturated heterocycles. The van der Waals surface area contributed by atoms with E-state index in [0.717, 1.165) is 17.1 Å². The summed E-state index contributed by atoms with van der Waals surface area (Å²) < 4.78 is 5.29. The fourth-order valence-electron chi connectivity index (χ4n) is 8.94. The maximum Gasteiger partial charge on any atom is 0.0468 e. The van der Waals surface area contributed by atoms with E-state index in [1.54, 1.807) is 0 Å². The first-order chi connectivity index (χ1) is 29.2. The first-order valence-electron chi connectivity index (χ1n) is 20.1. The highest BCUT2D eigenvalue weighted by molar-refractivity contribution is 7.26. The molecule has 3 heteroatoms. The molecule has 2 heterocycles. The first-order valence-corrected chi connectivity index (χ1v) is 21.7. The van der Waals surface area contributed by atoms with Gasteiger partial charge in [-0.1, -0.05) is 146 Å². The lowest BCUT2D eigenvalue weighted by Gasteiger charge is -2.26. The van der Waals surface area contributed by atoms with Gasteiger partial charge in [0.15, 0.2) is 0 Å². The van der Waals surface area contributed by atoms with E-state index in [9.17, 15) is 0 Å². The van der Waals surface area contributed by atoms with Crippen LogP contribution in [0.2, 0.25) is 0 Å². The third-order valence-corrected chi connectivity index (χ3v) is 14.2. The van der Waals surface area contributed by atoms with Gasteiger partial charge >= 0.3 is 0 Å². The number of benzene rings is 10. The second-order valence-electron chi connectivity index (χ2n) is 15.3. The third-order valence-electron chi connectivity index (χ3n) is 11.8. The minimum absolute atomic E-state index is 1.11. The van der Waals surface area contributed by atoms with Crippen molar-refractivity contribution in [2.45, 2.75) is 0 Å². The second-order valence-corrected chi connectivity index (χ2v) is 17.4. The van der Waals surface area contributed by atoms with Gasteiger partial charge in [-0.15, -0.1) is 22.7 Å². The summed E-state index contributed by atoms with van der Waals surface area (Å²) >= 11 is 3.78. The zero-order valence-electron chi connectivity index (χ0n) is 32.0. The van der Waals surface area contributed by atoms with Crippen LogP contribution in [0.1, 0.15) is 0 Å². The molecule has 276 valence electrons. The molecule has 0 aliphatic rings. The van der Waals surface area contributed by atoms with Crippen molar-refractivity contribution in [1.29, 1.82) is 0 Å². The van der Waals surface area contributed by atoms with Crippen LogP contribution in [0.3, 0.4) is 0 Å². The highest BCUT2D eigenvalue weighted by Gasteiger charge is 2.18. The van der Waals surface area contributed by atoms with Crippen molar-refractivity contribution in [3.63, 3.8) is 0 Å². The summed E-state index contributed by atoms with van der Waals surface area (Å²) in [6, 6.07) is 78.3. The van der Waals surface area contributed by atoms with Gasteiger partial charge in [-0.05, 0) is 122 Å². The molecule has 0 N–H and O–H groups in total. The summed E-state index contributed by atoms with van der Waals surface area (Å²) in [5.74, 6) is 0. The maximum atomic E-state index is 2.41. The Morgan fingerprint density at radius 1 is 0.271 bits per heavy atom. The predicted molar refractivity (Wildman–Crippen MR) is 258 cm³/mol. The Hall–Kier alpha value is -7.04. The van der Waals surface area contributed by atoms with E-state index >= 15 is 0 Å². The minimum Gasteiger partial charge on any atom is -0.310 e. The van der Waals surface area contributed by atoms with Crippen molar-refractivity contribution in [3.8, 4) is 33.4 Å². The lowest BCUT2D eigenvalue weighted by molar-refractivity contribution is 1.29. The predicted octanol–water partition coefficient (Wildman–Crippen LogP) is 17.2. The van der Waals surface area contributed by atoms with E-state index in [1.165, 1.54) is 95.3 Å². The average molecular weight is 786 g/mol. The summed E-state index contributed by atoms with van der Waals surface area (Å²) in [7, 11) is 0. The largest absolute Gasteiger partial charge is 0.310 e. The number of hydrogen-bond donors (Lipinski definition) is 0. The van der Waals surface area contributed by atoms with Crippen molar-refractivity contribution < 1.29 is 0 Å². The van der Waals surface area contributed by atoms with Gasteiger partial charge in [0.05, 0.1) is 0 Å². The van der Waals surface area contributed by atoms with E-state index < -0.39 is 0 Å². The fourth-order valence-corrected chi connectivity index (χ4v) is 11.4. The van der Waals surface area contributed by atoms with Gasteiger partial charge in [0.25, 0.3) is 0 Å². The summed E-state index contributed by atoms with van der Waals surface area (Å²) in [4.78, 5) is 2.38. The van der Waals surface area contributed by atoms with Crippen LogP contribution >= 0.6 is 22.7 Å². The Balaban J connectivity index is 1.04. The monoisotopic (exact) mass is 785 g/mol. The summed E-state index contributed by atoms with van der Waals surface area (Å²) in [5, 5.41) is 10.2. The van der Waals surface area contributed by atoms with Crippen LogP contribution in [0.25, 0.3) is 95.3 Å². The van der Waals surface area contributed by atoms with E-state index in [4.69, 9.17) is 0 Å². The maximum absolute atomic E-state index is 2.41. The van der Waals surface area contributed by atoms with Crippen molar-refractivity contribution in [2.24, 2.45) is 0 Å². The number of hydrogen-bond acceptors (Lipinski definition) is 3. The summed E-state index contributed by atoms with van der Waals surface area (Å²) in [6.45, 7) is 0. The van der Waals surface area contributed by atoms with Crippen molar-refractivity contribution in [1.82, 2.24) is 0 Å². The van der Waals surface area contributed by atoms with Crippen LogP contribution in [0.5, 0.6) is 0 Å². The molecule has 0 saturated carbocycles. The lowest BCUT2D eigenvalue weighted by atomic mass is 9.92. The molecule has 0 spiro atoms. The summed E-state index contributed by atoms with van der Waals surface area (Å²) in [5.41, 5.74) is 10.7. The van der Waals surface area contributed by atoms with Crippen LogP contribution in [0.4, 0.5) is 17.1 Å². The normalized spacial score (nSPS) is 11.7. The smallest absolute Gasteiger partial charge is 0.0468 e. The molecule has 0 bridgehead atoms. The molecule has 10 aromatic carbocycles. The molecule has 1 nitrogen and oxygen atoms in total. The fraction of sp³-hybridized carbons (Fsp3) is 0. The van der Waals surface area contributed by atoms with Gasteiger partial charge in [-0.2, -0.15) is 0 Å². The Kier molecular flexibility index (Phi) is 7.97. The zero-order chi connectivity index (χ0) is 38.9. The van der Waals surface area contributed by atoms with Crippen molar-refractivity contribution in [3.05, 3.63) is 212 Å². The quantitative estimate of drug-likeness (QED) is 0.162. The third kappa shape index (κ3) is 5.81. The van der Waals surface area contributed by atoms with Gasteiger partial charge in [-0.3, -0.25) is 0 Å². The highest BCUT2D eigenvalue weighted by Crippen LogP contribution is 2.45. The highest BCUT2D eigenvalue weighted by atomic mass is 32.1. The number of rotatable bonds is 6. The topological polar surface area (TPSA) is 3.24 Å². The average Bonchev–Trinajstić information content (AvgIpc) is 3.88. The van der Waals surface area contributed by atoms with Gasteiger partial charge < -0.3 is 4.90 Å². The van der Waals surface area contributed by atoms with E-state index in [-0.39, 0.29) is 0 Å². The van der Waals surface area contributed by atoms with E-state index in [0.29, 0.717) is 0 Å². The van der Waals surface area contributed by atoms with Crippen LogP contribution in [0, 0.1) is 0 Å². The molecule has 2 aromatic heterocycles. The molecular formula is C56H35NS2. The number of thiophene rings is 2. The standard InChI is InChI=1S/C56H35NS2/c1-3-13-39-34-45(29-25-36(39)11-1)57(46-30-26-37-12-2-4-14-40(37)35-46)44-27-23-38(24-28-44)41-31-42(47-17-9-19-51-49-15-5-7-21-53(49)58-55(47)51)33-43(32-41)48-18-10-20-52-50-16-6-8-22-54(50)59-56(48)52/h1-35H. The van der Waals surface area contributed by atoms with Crippen molar-refractivity contribution in [2.75, 3.05) is 4.90 Å². The molecule has 0 aliphatic heterocycles. The van der Waals surface area contributed by atoms with E-state index in [1.807, 2.05) is 22.7 Å². The Morgan fingerprint density at radius 2 is 0.695 bits per heavy atom. The zero-order valence-corrected chi connectivity index (χ0v) is 33.6. The Morgan fingerprint density at radius 3 is 1.22 bits per heavy atom. The molecule has 0 amide bonds. The van der Waals surface area contributed by atoms with Crippen LogP contribution < -0.4 is 4.90 Å². The first kappa shape index (κ1) is 34.0. The Bertz CT molecular complexity index is 3360.